The van der Waals surface area contributed by atoms with Gasteiger partial charge in [-0.3, -0.25) is 0 Å². The van der Waals surface area contributed by atoms with Crippen LogP contribution in [-0.4, -0.2) is 12.3 Å². The average Bonchev–Trinajstić information content (AvgIpc) is 3.37. The van der Waals surface area contributed by atoms with Crippen LogP contribution in [0.2, 0.25) is 0 Å². The van der Waals surface area contributed by atoms with E-state index in [1.807, 2.05) is 0 Å². The summed E-state index contributed by atoms with van der Waals surface area (Å²) in [6.07, 6.45) is 2.38. The summed E-state index contributed by atoms with van der Waals surface area (Å²) in [6, 6.07) is 58.2. The molecule has 1 aliphatic carbocycles. The number of benzene rings is 7. The molecule has 4 aliphatic rings. The van der Waals surface area contributed by atoms with Gasteiger partial charge in [0.15, 0.2) is 0 Å². The highest BCUT2D eigenvalue weighted by molar-refractivity contribution is 7.00. The van der Waals surface area contributed by atoms with Gasteiger partial charge in [0, 0.05) is 50.8 Å². The van der Waals surface area contributed by atoms with Crippen LogP contribution in [0.25, 0.3) is 11.1 Å². The monoisotopic (exact) mass is 793 g/mol. The van der Waals surface area contributed by atoms with Gasteiger partial charge in [0.25, 0.3) is 6.71 Å². The molecule has 0 spiro atoms. The summed E-state index contributed by atoms with van der Waals surface area (Å²) in [5.74, 6) is 0. The Balaban J connectivity index is 1.18. The van der Waals surface area contributed by atoms with Gasteiger partial charge < -0.3 is 14.7 Å². The van der Waals surface area contributed by atoms with Crippen molar-refractivity contribution < 1.29 is 0 Å². The smallest absolute Gasteiger partial charge is 0.252 e. The van der Waals surface area contributed by atoms with E-state index in [9.17, 15) is 0 Å². The Hall–Kier alpha value is -6.00. The van der Waals surface area contributed by atoms with E-state index in [4.69, 9.17) is 0 Å². The van der Waals surface area contributed by atoms with Crippen LogP contribution in [0.4, 0.5) is 45.5 Å². The minimum absolute atomic E-state index is 0.00684. The third-order valence-electron chi connectivity index (χ3n) is 15.1. The molecular formula is C57H56BN3. The Bertz CT molecular complexity index is 2900. The van der Waals surface area contributed by atoms with Crippen molar-refractivity contribution in [2.75, 3.05) is 14.7 Å². The summed E-state index contributed by atoms with van der Waals surface area (Å²) in [7, 11) is 0. The van der Waals surface area contributed by atoms with Gasteiger partial charge in [-0.05, 0) is 142 Å². The van der Waals surface area contributed by atoms with E-state index in [0.717, 1.165) is 0 Å². The van der Waals surface area contributed by atoms with E-state index in [1.165, 1.54) is 108 Å². The summed E-state index contributed by atoms with van der Waals surface area (Å²) in [4.78, 5) is 7.85. The van der Waals surface area contributed by atoms with E-state index in [2.05, 4.69) is 229 Å². The zero-order valence-corrected chi connectivity index (χ0v) is 37.3. The number of aryl methyl sites for hydroxylation is 1. The largest absolute Gasteiger partial charge is 0.334 e. The lowest BCUT2D eigenvalue weighted by Gasteiger charge is -2.56. The zero-order chi connectivity index (χ0) is 42.2. The first-order valence-corrected chi connectivity index (χ1v) is 22.4. The average molecular weight is 794 g/mol. The molecule has 3 aliphatic heterocycles. The summed E-state index contributed by atoms with van der Waals surface area (Å²) in [6.45, 7) is 21.2. The van der Waals surface area contributed by atoms with Crippen molar-refractivity contribution in [3.05, 3.63) is 174 Å². The van der Waals surface area contributed by atoms with Gasteiger partial charge in [0.1, 0.15) is 0 Å². The predicted octanol–water partition coefficient (Wildman–Crippen LogP) is 13.3. The summed E-state index contributed by atoms with van der Waals surface area (Å²) in [5, 5.41) is 0. The Morgan fingerprint density at radius 2 is 1.10 bits per heavy atom. The molecule has 11 rings (SSSR count). The molecular weight excluding hydrogens is 737 g/mol. The molecule has 0 aromatic heterocycles. The van der Waals surface area contributed by atoms with Gasteiger partial charge in [-0.25, -0.2) is 0 Å². The molecule has 7 aromatic carbocycles. The molecule has 3 heterocycles. The SMILES string of the molecule is Cc1cc2c3c(c1)N(c1ccc(C(C)(C)C)cc1-c1ccccc1)c1ccccc1B3c1ccc(N3c4ccccc4C4(C)CCC34C)cc1N2c1ccc(C(C)(C)C)cc1. The molecule has 61 heavy (non-hydrogen) atoms. The van der Waals surface area contributed by atoms with Gasteiger partial charge in [-0.15, -0.1) is 0 Å². The Labute approximate surface area is 363 Å². The van der Waals surface area contributed by atoms with Crippen molar-refractivity contribution in [2.24, 2.45) is 0 Å². The van der Waals surface area contributed by atoms with Crippen LogP contribution in [0.5, 0.6) is 0 Å². The van der Waals surface area contributed by atoms with Crippen molar-refractivity contribution in [1.82, 2.24) is 0 Å². The number of para-hydroxylation sites is 2. The van der Waals surface area contributed by atoms with Crippen molar-refractivity contribution in [1.29, 1.82) is 0 Å². The maximum atomic E-state index is 2.69. The number of rotatable bonds is 4. The Morgan fingerprint density at radius 1 is 0.492 bits per heavy atom. The zero-order valence-electron chi connectivity index (χ0n) is 37.3. The third-order valence-corrected chi connectivity index (χ3v) is 15.1. The normalized spacial score (nSPS) is 19.8. The molecule has 4 heteroatoms. The van der Waals surface area contributed by atoms with Crippen molar-refractivity contribution in [3.8, 4) is 11.1 Å². The van der Waals surface area contributed by atoms with Gasteiger partial charge in [-0.2, -0.15) is 0 Å². The van der Waals surface area contributed by atoms with Gasteiger partial charge >= 0.3 is 0 Å². The molecule has 1 fully saturated rings. The highest BCUT2D eigenvalue weighted by atomic mass is 15.3. The first kappa shape index (κ1) is 38.0. The lowest BCUT2D eigenvalue weighted by molar-refractivity contribution is 0.133. The molecule has 2 atom stereocenters. The second kappa shape index (κ2) is 13.0. The second-order valence-electron chi connectivity index (χ2n) is 20.7. The maximum absolute atomic E-state index is 2.69. The van der Waals surface area contributed by atoms with E-state index >= 15 is 0 Å². The van der Waals surface area contributed by atoms with E-state index in [1.54, 1.807) is 0 Å². The van der Waals surface area contributed by atoms with Crippen LogP contribution < -0.4 is 31.1 Å². The molecule has 7 aromatic rings. The van der Waals surface area contributed by atoms with Crippen molar-refractivity contribution in [2.45, 2.75) is 96.9 Å². The second-order valence-corrected chi connectivity index (χ2v) is 20.7. The lowest BCUT2D eigenvalue weighted by atomic mass is 9.33. The molecule has 2 unspecified atom stereocenters. The maximum Gasteiger partial charge on any atom is 0.252 e. The number of anilines is 8. The van der Waals surface area contributed by atoms with Crippen LogP contribution in [0, 0.1) is 6.92 Å². The fourth-order valence-corrected chi connectivity index (χ4v) is 11.4. The fourth-order valence-electron chi connectivity index (χ4n) is 11.4. The fraction of sp³-hybridized carbons (Fsp3) is 0.263. The molecule has 1 saturated carbocycles. The molecule has 0 bridgehead atoms. The van der Waals surface area contributed by atoms with Gasteiger partial charge in [0.2, 0.25) is 0 Å². The van der Waals surface area contributed by atoms with Crippen LogP contribution in [0.3, 0.4) is 0 Å². The quantitative estimate of drug-likeness (QED) is 0.164. The van der Waals surface area contributed by atoms with Crippen LogP contribution in [-0.2, 0) is 16.2 Å². The van der Waals surface area contributed by atoms with Crippen LogP contribution in [0.15, 0.2) is 152 Å². The number of nitrogens with zero attached hydrogens (tertiary/aromatic N) is 3. The van der Waals surface area contributed by atoms with Crippen LogP contribution in [0.1, 0.15) is 90.5 Å². The Morgan fingerprint density at radius 3 is 1.79 bits per heavy atom. The first-order valence-electron chi connectivity index (χ1n) is 22.4. The van der Waals surface area contributed by atoms with Gasteiger partial charge in [0.05, 0.1) is 11.2 Å². The Kier molecular flexibility index (Phi) is 8.10. The van der Waals surface area contributed by atoms with E-state index in [0.29, 0.717) is 0 Å². The summed E-state index contributed by atoms with van der Waals surface area (Å²) in [5.41, 5.74) is 22.1. The topological polar surface area (TPSA) is 9.72 Å². The number of fused-ring (bicyclic) bond motifs is 7. The summed E-state index contributed by atoms with van der Waals surface area (Å²) < 4.78 is 0. The third kappa shape index (κ3) is 5.43. The predicted molar refractivity (Wildman–Crippen MR) is 262 cm³/mol. The first-order chi connectivity index (χ1) is 29.2. The van der Waals surface area contributed by atoms with E-state index < -0.39 is 0 Å². The molecule has 302 valence electrons. The number of hydrogen-bond acceptors (Lipinski definition) is 3. The molecule has 0 saturated heterocycles. The number of hydrogen-bond donors (Lipinski definition) is 0. The standard InChI is InChI=1S/C57H56BN3/c1-37-33-51-53-52(34-37)60(47-30-25-40(55(5,6)7)35-43(47)38-17-11-10-12-18-38)49-22-16-14-20-45(49)58(53)46-29-28-42(36-50(46)59(51)41-26-23-39(24-27-41)54(2,3)4)61-48-21-15-13-19-44(48)56(8)31-32-57(56,61)9/h10-30,33-36H,31-32H2,1-9H3. The summed E-state index contributed by atoms with van der Waals surface area (Å²) >= 11 is 0. The van der Waals surface area contributed by atoms with E-state index in [-0.39, 0.29) is 28.5 Å². The molecule has 0 N–H and O–H groups in total. The molecule has 0 radical (unpaired) electrons. The molecule has 0 amide bonds. The molecule has 3 nitrogen and oxygen atoms in total. The minimum atomic E-state index is 0.00684. The highest BCUT2D eigenvalue weighted by Crippen LogP contribution is 2.65. The highest BCUT2D eigenvalue weighted by Gasteiger charge is 2.63. The minimum Gasteiger partial charge on any atom is -0.334 e. The van der Waals surface area contributed by atoms with Crippen LogP contribution >= 0.6 is 0 Å². The van der Waals surface area contributed by atoms with Crippen molar-refractivity contribution >= 4 is 68.6 Å². The lowest BCUT2D eigenvalue weighted by Crippen LogP contribution is -2.62. The van der Waals surface area contributed by atoms with Gasteiger partial charge in [-0.1, -0.05) is 139 Å². The van der Waals surface area contributed by atoms with Crippen molar-refractivity contribution in [3.63, 3.8) is 0 Å².